The molecule has 2 rings (SSSR count). The molecule has 2 N–H and O–H groups in total. The van der Waals surface area contributed by atoms with Crippen LogP contribution in [0.5, 0.6) is 0 Å². The van der Waals surface area contributed by atoms with Gasteiger partial charge in [0.2, 0.25) is 0 Å². The smallest absolute Gasteiger partial charge is 0.186 e. The fourth-order valence-corrected chi connectivity index (χ4v) is 3.86. The first kappa shape index (κ1) is 13.0. The van der Waals surface area contributed by atoms with E-state index in [1.54, 1.807) is 23.6 Å². The van der Waals surface area contributed by atoms with Gasteiger partial charge in [0.15, 0.2) is 9.84 Å². The number of hydrogen-bond acceptors (Lipinski definition) is 5. The van der Waals surface area contributed by atoms with Gasteiger partial charge in [0.25, 0.3) is 0 Å². The summed E-state index contributed by atoms with van der Waals surface area (Å²) < 4.78 is 24.5. The summed E-state index contributed by atoms with van der Waals surface area (Å²) in [4.78, 5) is 4.36. The van der Waals surface area contributed by atoms with Crippen molar-refractivity contribution in [2.75, 3.05) is 5.73 Å². The largest absolute Gasteiger partial charge is 0.398 e. The molecule has 0 spiro atoms. The molecule has 0 saturated heterocycles. The van der Waals surface area contributed by atoms with Gasteiger partial charge in [-0.15, -0.1) is 11.3 Å². The Morgan fingerprint density at radius 2 is 2.06 bits per heavy atom. The molecule has 0 atom stereocenters. The molecule has 1 heterocycles. The normalized spacial score (nSPS) is 11.7. The van der Waals surface area contributed by atoms with E-state index in [1.165, 1.54) is 11.3 Å². The highest BCUT2D eigenvalue weighted by Crippen LogP contribution is 2.24. The van der Waals surface area contributed by atoms with Crippen LogP contribution in [0.3, 0.4) is 0 Å². The maximum Gasteiger partial charge on any atom is 0.186 e. The van der Waals surface area contributed by atoms with Crippen LogP contribution in [-0.2, 0) is 15.6 Å². The third-order valence-corrected chi connectivity index (χ3v) is 5.03. The molecular formula is C12H14N2O2S2. The van der Waals surface area contributed by atoms with Crippen LogP contribution in [0.2, 0.25) is 0 Å². The summed E-state index contributed by atoms with van der Waals surface area (Å²) in [5.74, 6) is -0.106. The summed E-state index contributed by atoms with van der Waals surface area (Å²) in [6, 6.07) is 5.01. The first-order chi connectivity index (χ1) is 8.38. The van der Waals surface area contributed by atoms with Gasteiger partial charge >= 0.3 is 0 Å². The number of rotatable bonds is 3. The zero-order valence-corrected chi connectivity index (χ0v) is 11.8. The highest BCUT2D eigenvalue weighted by Gasteiger charge is 2.19. The Morgan fingerprint density at radius 1 is 1.33 bits per heavy atom. The van der Waals surface area contributed by atoms with Crippen LogP contribution in [0, 0.1) is 13.8 Å². The molecule has 6 heteroatoms. The molecule has 96 valence electrons. The number of nitrogens with zero attached hydrogens (tertiary/aromatic N) is 1. The van der Waals surface area contributed by atoms with Crippen LogP contribution in [0.25, 0.3) is 0 Å². The number of aryl methyl sites for hydroxylation is 2. The van der Waals surface area contributed by atoms with Crippen LogP contribution < -0.4 is 5.73 Å². The topological polar surface area (TPSA) is 73.1 Å². The molecule has 18 heavy (non-hydrogen) atoms. The van der Waals surface area contributed by atoms with Crippen molar-refractivity contribution < 1.29 is 8.42 Å². The molecule has 0 radical (unpaired) electrons. The van der Waals surface area contributed by atoms with Crippen LogP contribution in [0.1, 0.15) is 16.3 Å². The third-order valence-electron chi connectivity index (χ3n) is 2.51. The van der Waals surface area contributed by atoms with E-state index in [1.807, 2.05) is 13.8 Å². The molecule has 2 aromatic rings. The zero-order chi connectivity index (χ0) is 13.3. The fraction of sp³-hybridized carbons (Fsp3) is 0.250. The van der Waals surface area contributed by atoms with Gasteiger partial charge in [-0.1, -0.05) is 6.07 Å². The summed E-state index contributed by atoms with van der Waals surface area (Å²) in [6.45, 7) is 3.69. The van der Waals surface area contributed by atoms with Crippen molar-refractivity contribution in [3.8, 4) is 0 Å². The van der Waals surface area contributed by atoms with Gasteiger partial charge in [-0.25, -0.2) is 13.4 Å². The van der Waals surface area contributed by atoms with E-state index in [9.17, 15) is 8.42 Å². The monoisotopic (exact) mass is 282 g/mol. The standard InChI is InChI=1S/C12H14N2O2S2/c1-8-3-4-11(13)12(5-8)18(15,16)7-10-6-17-9(2)14-10/h3-6H,7,13H2,1-2H3. The van der Waals surface area contributed by atoms with E-state index in [0.717, 1.165) is 10.6 Å². The van der Waals surface area contributed by atoms with Gasteiger partial charge in [-0.05, 0) is 31.5 Å². The summed E-state index contributed by atoms with van der Waals surface area (Å²) in [5.41, 5.74) is 7.46. The van der Waals surface area contributed by atoms with Crippen LogP contribution >= 0.6 is 11.3 Å². The Bertz CT molecular complexity index is 675. The zero-order valence-electron chi connectivity index (χ0n) is 10.2. The molecule has 1 aromatic heterocycles. The number of hydrogen-bond donors (Lipinski definition) is 1. The van der Waals surface area contributed by atoms with E-state index in [2.05, 4.69) is 4.98 Å². The average molecular weight is 282 g/mol. The van der Waals surface area contributed by atoms with Crippen LogP contribution in [0.4, 0.5) is 5.69 Å². The van der Waals surface area contributed by atoms with Gasteiger partial charge in [0.05, 0.1) is 27.0 Å². The highest BCUT2D eigenvalue weighted by atomic mass is 32.2. The summed E-state index contributed by atoms with van der Waals surface area (Å²) in [5, 5.41) is 2.62. The Labute approximate surface area is 110 Å². The quantitative estimate of drug-likeness (QED) is 0.877. The lowest BCUT2D eigenvalue weighted by Gasteiger charge is -2.07. The average Bonchev–Trinajstić information content (AvgIpc) is 2.66. The highest BCUT2D eigenvalue weighted by molar-refractivity contribution is 7.90. The maximum atomic E-state index is 12.3. The van der Waals surface area contributed by atoms with Crippen LogP contribution in [-0.4, -0.2) is 13.4 Å². The number of nitrogens with two attached hydrogens (primary N) is 1. The van der Waals surface area contributed by atoms with Crippen molar-refractivity contribution in [1.29, 1.82) is 0 Å². The van der Waals surface area contributed by atoms with Crippen molar-refractivity contribution in [2.45, 2.75) is 24.5 Å². The molecule has 1 aromatic carbocycles. The Kier molecular flexibility index (Phi) is 3.41. The minimum Gasteiger partial charge on any atom is -0.398 e. The fourth-order valence-electron chi connectivity index (χ4n) is 1.66. The summed E-state index contributed by atoms with van der Waals surface area (Å²) >= 11 is 1.44. The number of benzene rings is 1. The van der Waals surface area contributed by atoms with Gasteiger partial charge in [-0.2, -0.15) is 0 Å². The predicted molar refractivity (Wildman–Crippen MR) is 73.3 cm³/mol. The number of aromatic nitrogens is 1. The lowest BCUT2D eigenvalue weighted by molar-refractivity contribution is 0.595. The van der Waals surface area contributed by atoms with Crippen molar-refractivity contribution in [3.63, 3.8) is 0 Å². The molecule has 0 aliphatic rings. The van der Waals surface area contributed by atoms with E-state index in [4.69, 9.17) is 5.73 Å². The van der Waals surface area contributed by atoms with Gasteiger partial charge in [-0.3, -0.25) is 0 Å². The summed E-state index contributed by atoms with van der Waals surface area (Å²) in [6.07, 6.45) is 0. The van der Waals surface area contributed by atoms with Crippen molar-refractivity contribution >= 4 is 26.9 Å². The van der Waals surface area contributed by atoms with E-state index >= 15 is 0 Å². The number of thiazole rings is 1. The molecule has 0 unspecified atom stereocenters. The minimum absolute atomic E-state index is 0.106. The van der Waals surface area contributed by atoms with Gasteiger partial charge in [0.1, 0.15) is 0 Å². The van der Waals surface area contributed by atoms with Crippen molar-refractivity contribution in [3.05, 3.63) is 39.8 Å². The molecule has 4 nitrogen and oxygen atoms in total. The van der Waals surface area contributed by atoms with E-state index < -0.39 is 9.84 Å². The second-order valence-electron chi connectivity index (χ2n) is 4.16. The first-order valence-corrected chi connectivity index (χ1v) is 7.91. The lowest BCUT2D eigenvalue weighted by Crippen LogP contribution is -2.08. The van der Waals surface area contributed by atoms with Crippen molar-refractivity contribution in [1.82, 2.24) is 4.98 Å². The van der Waals surface area contributed by atoms with Crippen LogP contribution in [0.15, 0.2) is 28.5 Å². The SMILES string of the molecule is Cc1ccc(N)c(S(=O)(=O)Cc2csc(C)n2)c1. The number of sulfone groups is 1. The summed E-state index contributed by atoms with van der Waals surface area (Å²) in [7, 11) is -3.43. The molecule has 0 aliphatic heterocycles. The predicted octanol–water partition coefficient (Wildman–Crippen LogP) is 2.32. The Morgan fingerprint density at radius 3 is 2.67 bits per heavy atom. The molecule has 0 amide bonds. The Balaban J connectivity index is 2.39. The molecule has 0 saturated carbocycles. The second kappa shape index (κ2) is 4.70. The Hall–Kier alpha value is -1.40. The van der Waals surface area contributed by atoms with Crippen molar-refractivity contribution in [2.24, 2.45) is 0 Å². The first-order valence-electron chi connectivity index (χ1n) is 5.38. The molecular weight excluding hydrogens is 268 g/mol. The minimum atomic E-state index is -3.43. The van der Waals surface area contributed by atoms with E-state index in [-0.39, 0.29) is 16.3 Å². The number of nitrogen functional groups attached to an aromatic ring is 1. The van der Waals surface area contributed by atoms with Gasteiger partial charge in [0, 0.05) is 5.38 Å². The van der Waals surface area contributed by atoms with E-state index in [0.29, 0.717) is 5.69 Å². The van der Waals surface area contributed by atoms with Gasteiger partial charge < -0.3 is 5.73 Å². The third kappa shape index (κ3) is 2.70. The molecule has 0 aliphatic carbocycles. The maximum absolute atomic E-state index is 12.3. The second-order valence-corrected chi connectivity index (χ2v) is 7.18. The lowest BCUT2D eigenvalue weighted by atomic mass is 10.2. The molecule has 0 fully saturated rings. The molecule has 0 bridgehead atoms. The number of anilines is 1.